The zero-order valence-electron chi connectivity index (χ0n) is 9.68. The minimum absolute atomic E-state index is 0.154. The van der Waals surface area contributed by atoms with Gasteiger partial charge < -0.3 is 10.4 Å². The second kappa shape index (κ2) is 3.62. The van der Waals surface area contributed by atoms with Crippen LogP contribution >= 0.6 is 0 Å². The Morgan fingerprint density at radius 1 is 1.47 bits per heavy atom. The van der Waals surface area contributed by atoms with Gasteiger partial charge in [-0.3, -0.25) is 0 Å². The second-order valence-corrected chi connectivity index (χ2v) is 4.90. The van der Waals surface area contributed by atoms with Gasteiger partial charge in [-0.2, -0.15) is 0 Å². The Morgan fingerprint density at radius 3 is 3.06 bits per heavy atom. The number of allylic oxidation sites excluding steroid dienone is 2. The maximum Gasteiger partial charge on any atom is 0.326 e. The van der Waals surface area contributed by atoms with E-state index in [2.05, 4.69) is 30.5 Å². The molecule has 0 amide bonds. The third-order valence-electron chi connectivity index (χ3n) is 3.78. The number of fused-ring (bicyclic) bond motifs is 3. The van der Waals surface area contributed by atoms with Gasteiger partial charge in [0.05, 0.1) is 0 Å². The van der Waals surface area contributed by atoms with Crippen molar-refractivity contribution in [3.8, 4) is 0 Å². The van der Waals surface area contributed by atoms with Crippen LogP contribution in [0.5, 0.6) is 0 Å². The van der Waals surface area contributed by atoms with E-state index in [1.807, 2.05) is 12.1 Å². The largest absolute Gasteiger partial charge is 0.480 e. The molecule has 3 nitrogen and oxygen atoms in total. The first-order valence-corrected chi connectivity index (χ1v) is 5.93. The van der Waals surface area contributed by atoms with Crippen LogP contribution < -0.4 is 5.32 Å². The van der Waals surface area contributed by atoms with Gasteiger partial charge in [-0.25, -0.2) is 4.79 Å². The maximum atomic E-state index is 11.3. The standard InChI is InChI=1S/C14H15NO2/c1-8-5-6-12-11(7-8)9-3-2-4-10(9)13(15-12)14(16)17/h2-3,5-7,9-10,13,15H,4H2,1H3,(H,16,17)/t9-,10+,13+/m1/s1. The van der Waals surface area contributed by atoms with Crippen LogP contribution in [0.1, 0.15) is 23.5 Å². The fourth-order valence-electron chi connectivity index (χ4n) is 2.96. The fourth-order valence-corrected chi connectivity index (χ4v) is 2.96. The van der Waals surface area contributed by atoms with Crippen LogP contribution in [0.3, 0.4) is 0 Å². The van der Waals surface area contributed by atoms with Gasteiger partial charge in [-0.1, -0.05) is 29.8 Å². The van der Waals surface area contributed by atoms with E-state index < -0.39 is 12.0 Å². The smallest absolute Gasteiger partial charge is 0.326 e. The summed E-state index contributed by atoms with van der Waals surface area (Å²) < 4.78 is 0. The number of aliphatic carboxylic acids is 1. The number of benzene rings is 1. The summed E-state index contributed by atoms with van der Waals surface area (Å²) in [5.41, 5.74) is 3.43. The molecule has 0 bridgehead atoms. The number of nitrogens with one attached hydrogen (secondary N) is 1. The van der Waals surface area contributed by atoms with Gasteiger partial charge in [0.15, 0.2) is 0 Å². The lowest BCUT2D eigenvalue weighted by Gasteiger charge is -2.34. The van der Waals surface area contributed by atoms with E-state index in [1.54, 1.807) is 0 Å². The monoisotopic (exact) mass is 229 g/mol. The van der Waals surface area contributed by atoms with Crippen molar-refractivity contribution in [1.82, 2.24) is 0 Å². The van der Waals surface area contributed by atoms with Crippen LogP contribution in [-0.4, -0.2) is 17.1 Å². The number of rotatable bonds is 1. The summed E-state index contributed by atoms with van der Waals surface area (Å²) in [5.74, 6) is -0.344. The van der Waals surface area contributed by atoms with Crippen molar-refractivity contribution in [3.05, 3.63) is 41.5 Å². The Labute approximate surface area is 100 Å². The van der Waals surface area contributed by atoms with Gasteiger partial charge in [0.2, 0.25) is 0 Å². The first kappa shape index (κ1) is 10.4. The van der Waals surface area contributed by atoms with E-state index in [0.717, 1.165) is 12.1 Å². The molecule has 0 fully saturated rings. The molecule has 0 radical (unpaired) electrons. The zero-order valence-corrected chi connectivity index (χ0v) is 9.68. The fraction of sp³-hybridized carbons (Fsp3) is 0.357. The summed E-state index contributed by atoms with van der Waals surface area (Å²) in [7, 11) is 0. The molecule has 1 heterocycles. The number of hydrogen-bond donors (Lipinski definition) is 2. The van der Waals surface area contributed by atoms with E-state index >= 15 is 0 Å². The molecule has 0 aromatic heterocycles. The molecule has 17 heavy (non-hydrogen) atoms. The summed E-state index contributed by atoms with van der Waals surface area (Å²) in [6.07, 6.45) is 5.10. The highest BCUT2D eigenvalue weighted by Crippen LogP contribution is 2.44. The molecular formula is C14H15NO2. The summed E-state index contributed by atoms with van der Waals surface area (Å²) in [6.45, 7) is 2.07. The molecule has 0 saturated heterocycles. The Kier molecular flexibility index (Phi) is 2.21. The second-order valence-electron chi connectivity index (χ2n) is 4.90. The number of hydrogen-bond acceptors (Lipinski definition) is 2. The minimum Gasteiger partial charge on any atom is -0.480 e. The molecular weight excluding hydrogens is 214 g/mol. The average molecular weight is 229 g/mol. The lowest BCUT2D eigenvalue weighted by atomic mass is 9.79. The molecule has 0 saturated carbocycles. The Balaban J connectivity index is 2.09. The molecule has 88 valence electrons. The van der Waals surface area contributed by atoms with Crippen molar-refractivity contribution in [2.45, 2.75) is 25.3 Å². The highest BCUT2D eigenvalue weighted by atomic mass is 16.4. The maximum absolute atomic E-state index is 11.3. The van der Waals surface area contributed by atoms with Gasteiger partial charge in [0.25, 0.3) is 0 Å². The van der Waals surface area contributed by atoms with E-state index in [4.69, 9.17) is 0 Å². The zero-order chi connectivity index (χ0) is 12.0. The molecule has 3 heteroatoms. The number of aryl methyl sites for hydroxylation is 1. The molecule has 2 N–H and O–H groups in total. The van der Waals surface area contributed by atoms with E-state index in [1.165, 1.54) is 11.1 Å². The van der Waals surface area contributed by atoms with Gasteiger partial charge in [0.1, 0.15) is 6.04 Å². The number of anilines is 1. The molecule has 1 aliphatic heterocycles. The topological polar surface area (TPSA) is 49.3 Å². The lowest BCUT2D eigenvalue weighted by Crippen LogP contribution is -2.41. The van der Waals surface area contributed by atoms with Crippen molar-refractivity contribution in [2.75, 3.05) is 5.32 Å². The van der Waals surface area contributed by atoms with Gasteiger partial charge >= 0.3 is 5.97 Å². The number of carboxylic acids is 1. The molecule has 1 aliphatic carbocycles. The van der Waals surface area contributed by atoms with Crippen molar-refractivity contribution in [3.63, 3.8) is 0 Å². The van der Waals surface area contributed by atoms with E-state index in [9.17, 15) is 9.90 Å². The van der Waals surface area contributed by atoms with Gasteiger partial charge in [-0.05, 0) is 25.0 Å². The predicted molar refractivity (Wildman–Crippen MR) is 66.2 cm³/mol. The number of carboxylic acid groups (broad SMARTS) is 1. The first-order valence-electron chi connectivity index (χ1n) is 5.93. The SMILES string of the molecule is Cc1ccc2c(c1)[C@@H]1C=CC[C@@H]1[C@@H](C(=O)O)N2. The van der Waals surface area contributed by atoms with Crippen LogP contribution in [0, 0.1) is 12.8 Å². The van der Waals surface area contributed by atoms with Gasteiger partial charge in [0, 0.05) is 17.5 Å². The Hall–Kier alpha value is -1.77. The third kappa shape index (κ3) is 1.54. The van der Waals surface area contributed by atoms with Crippen LogP contribution in [0.25, 0.3) is 0 Å². The number of carbonyl (C=O) groups is 1. The highest BCUT2D eigenvalue weighted by molar-refractivity contribution is 5.80. The molecule has 1 aromatic carbocycles. The minimum atomic E-state index is -0.755. The molecule has 0 unspecified atom stereocenters. The van der Waals surface area contributed by atoms with Crippen molar-refractivity contribution < 1.29 is 9.90 Å². The van der Waals surface area contributed by atoms with E-state index in [0.29, 0.717) is 0 Å². The normalized spacial score (nSPS) is 29.4. The van der Waals surface area contributed by atoms with E-state index in [-0.39, 0.29) is 11.8 Å². The third-order valence-corrected chi connectivity index (χ3v) is 3.78. The van der Waals surface area contributed by atoms with Crippen LogP contribution in [0.4, 0.5) is 5.69 Å². The summed E-state index contributed by atoms with van der Waals surface area (Å²) in [6, 6.07) is 5.70. The molecule has 1 aromatic rings. The molecule has 3 atom stereocenters. The lowest BCUT2D eigenvalue weighted by molar-refractivity contribution is -0.139. The molecule has 0 spiro atoms. The summed E-state index contributed by atoms with van der Waals surface area (Å²) in [5, 5.41) is 12.4. The van der Waals surface area contributed by atoms with Crippen molar-refractivity contribution >= 4 is 11.7 Å². The van der Waals surface area contributed by atoms with Crippen molar-refractivity contribution in [1.29, 1.82) is 0 Å². The quantitative estimate of drug-likeness (QED) is 0.727. The van der Waals surface area contributed by atoms with Crippen LogP contribution in [0.15, 0.2) is 30.4 Å². The predicted octanol–water partition coefficient (Wildman–Crippen LogP) is 2.53. The van der Waals surface area contributed by atoms with Crippen molar-refractivity contribution in [2.24, 2.45) is 5.92 Å². The van der Waals surface area contributed by atoms with Crippen LogP contribution in [0.2, 0.25) is 0 Å². The van der Waals surface area contributed by atoms with Gasteiger partial charge in [-0.15, -0.1) is 0 Å². The molecule has 2 aliphatic rings. The van der Waals surface area contributed by atoms with Crippen LogP contribution in [-0.2, 0) is 4.79 Å². The first-order chi connectivity index (χ1) is 8.16. The summed E-state index contributed by atoms with van der Waals surface area (Å²) in [4.78, 5) is 11.3. The highest BCUT2D eigenvalue weighted by Gasteiger charge is 2.40. The Morgan fingerprint density at radius 2 is 2.29 bits per heavy atom. The summed E-state index contributed by atoms with van der Waals surface area (Å²) >= 11 is 0. The Bertz CT molecular complexity index is 507. The molecule has 3 rings (SSSR count). The average Bonchev–Trinajstić information content (AvgIpc) is 2.76.